The Labute approximate surface area is 357 Å². The van der Waals surface area contributed by atoms with Crippen LogP contribution in [0.15, 0.2) is 33.1 Å². The van der Waals surface area contributed by atoms with Crippen LogP contribution in [0.5, 0.6) is 0 Å². The number of allylic oxidation sites excluding steroid dienone is 2. The smallest absolute Gasteiger partial charge is 0.392 e. The molecule has 8 rings (SSSR count). The van der Waals surface area contributed by atoms with E-state index in [0.717, 1.165) is 43.7 Å². The summed E-state index contributed by atoms with van der Waals surface area (Å²) in [7, 11) is 0. The molecule has 0 bridgehead atoms. The van der Waals surface area contributed by atoms with E-state index >= 15 is 0 Å². The van der Waals surface area contributed by atoms with Crippen molar-refractivity contribution in [3.63, 3.8) is 0 Å². The number of carbonyl (C=O) groups is 4. The number of hydrogen-bond donors (Lipinski definition) is 2. The second-order valence-electron chi connectivity index (χ2n) is 15.6. The molecule has 8 nitrogen and oxygen atoms in total. The molecule has 320 valence electrons. The van der Waals surface area contributed by atoms with Crippen molar-refractivity contribution in [2.75, 3.05) is 0 Å². The highest BCUT2D eigenvalue weighted by molar-refractivity contribution is 7.16. The van der Waals surface area contributed by atoms with Gasteiger partial charge in [0.2, 0.25) is 0 Å². The van der Waals surface area contributed by atoms with Crippen molar-refractivity contribution in [1.29, 1.82) is 0 Å². The second kappa shape index (κ2) is 17.4. The van der Waals surface area contributed by atoms with E-state index in [-0.39, 0.29) is 61.2 Å². The molecule has 4 aliphatic carbocycles. The van der Waals surface area contributed by atoms with Gasteiger partial charge in [0, 0.05) is 87.9 Å². The number of halogens is 6. The Morgan fingerprint density at radius 3 is 1.30 bits per heavy atom. The van der Waals surface area contributed by atoms with Crippen LogP contribution >= 0.6 is 45.3 Å². The van der Waals surface area contributed by atoms with Crippen LogP contribution in [-0.2, 0) is 57.7 Å². The minimum Gasteiger partial charge on any atom is -0.478 e. The summed E-state index contributed by atoms with van der Waals surface area (Å²) in [6.07, 6.45) is -5.01. The van der Waals surface area contributed by atoms with Gasteiger partial charge >= 0.3 is 24.3 Å². The predicted octanol–water partition coefficient (Wildman–Crippen LogP) is 11.0. The van der Waals surface area contributed by atoms with E-state index < -0.39 is 36.1 Å². The van der Waals surface area contributed by atoms with E-state index in [1.807, 2.05) is 24.6 Å². The number of thiazole rings is 2. The minimum atomic E-state index is -4.24. The van der Waals surface area contributed by atoms with Gasteiger partial charge in [0.05, 0.1) is 11.8 Å². The first-order chi connectivity index (χ1) is 28.3. The normalized spacial score (nSPS) is 19.3. The van der Waals surface area contributed by atoms with Gasteiger partial charge < -0.3 is 10.2 Å². The van der Waals surface area contributed by atoms with Gasteiger partial charge in [-0.1, -0.05) is 0 Å². The molecule has 2 atom stereocenters. The van der Waals surface area contributed by atoms with E-state index in [0.29, 0.717) is 82.0 Å². The number of ketones is 2. The molecule has 4 aromatic heterocycles. The van der Waals surface area contributed by atoms with E-state index in [1.165, 1.54) is 45.3 Å². The molecule has 0 fully saturated rings. The van der Waals surface area contributed by atoms with Gasteiger partial charge in [0.15, 0.2) is 11.6 Å². The summed E-state index contributed by atoms with van der Waals surface area (Å²) < 4.78 is 79.7. The zero-order chi connectivity index (χ0) is 43.3. The van der Waals surface area contributed by atoms with Crippen molar-refractivity contribution in [2.45, 2.75) is 116 Å². The molecule has 18 heteroatoms. The van der Waals surface area contributed by atoms with Crippen molar-refractivity contribution in [3.8, 4) is 21.1 Å². The molecule has 0 radical (unpaired) electrons. The lowest BCUT2D eigenvalue weighted by molar-refractivity contribution is -0.177. The van der Waals surface area contributed by atoms with Crippen LogP contribution in [0, 0.1) is 25.7 Å². The number of hydrogen-bond acceptors (Lipinski definition) is 10. The van der Waals surface area contributed by atoms with Crippen molar-refractivity contribution in [3.05, 3.63) is 75.1 Å². The fourth-order valence-corrected chi connectivity index (χ4v) is 13.4. The molecule has 0 spiro atoms. The Kier molecular flexibility index (Phi) is 12.8. The van der Waals surface area contributed by atoms with E-state index in [9.17, 15) is 55.7 Å². The number of aliphatic carboxylic acids is 2. The average molecular weight is 911 g/mol. The quantitative estimate of drug-likeness (QED) is 0.150. The van der Waals surface area contributed by atoms with Crippen LogP contribution in [0.25, 0.3) is 21.1 Å². The molecule has 4 aromatic rings. The number of aryl methyl sites for hydroxylation is 2. The molecule has 60 heavy (non-hydrogen) atoms. The summed E-state index contributed by atoms with van der Waals surface area (Å²) in [5.41, 5.74) is 6.01. The molecule has 0 aliphatic heterocycles. The summed E-state index contributed by atoms with van der Waals surface area (Å²) in [6, 6.07) is 0. The predicted molar refractivity (Wildman–Crippen MR) is 218 cm³/mol. The maximum Gasteiger partial charge on any atom is 0.392 e. The monoisotopic (exact) mass is 910 g/mol. The third-order valence-corrected chi connectivity index (χ3v) is 16.0. The number of Topliss-reactive ketones (excluding diaryl/α,β-unsaturated/α-hetero) is 2. The molecule has 4 aliphatic rings. The number of nitrogens with zero attached hydrogens (tertiary/aromatic N) is 2. The number of carboxylic acids is 2. The maximum absolute atomic E-state index is 13.3. The highest BCUT2D eigenvalue weighted by Gasteiger charge is 2.44. The summed E-state index contributed by atoms with van der Waals surface area (Å²) in [5.74, 6) is -5.35. The van der Waals surface area contributed by atoms with Crippen LogP contribution in [0.3, 0.4) is 0 Å². The number of carboxylic acid groups (broad SMARTS) is 2. The van der Waals surface area contributed by atoms with Gasteiger partial charge in [-0.25, -0.2) is 19.6 Å². The Balaban J connectivity index is 0.000000181. The van der Waals surface area contributed by atoms with Gasteiger partial charge in [-0.05, 0) is 102 Å². The molecule has 4 heterocycles. The largest absolute Gasteiger partial charge is 0.478 e. The van der Waals surface area contributed by atoms with Crippen molar-refractivity contribution in [2.24, 2.45) is 11.8 Å². The first-order valence-corrected chi connectivity index (χ1v) is 22.9. The number of alkyl halides is 6. The fourth-order valence-electron chi connectivity index (χ4n) is 8.61. The van der Waals surface area contributed by atoms with Crippen LogP contribution in [0.2, 0.25) is 0 Å². The highest BCUT2D eigenvalue weighted by atomic mass is 32.1. The van der Waals surface area contributed by atoms with Gasteiger partial charge in [0.1, 0.15) is 10.0 Å². The maximum atomic E-state index is 13.3. The Hall–Kier alpha value is -4.00. The summed E-state index contributed by atoms with van der Waals surface area (Å²) >= 11 is 5.36. The minimum absolute atomic E-state index is 0.00836. The topological polar surface area (TPSA) is 135 Å². The summed E-state index contributed by atoms with van der Waals surface area (Å²) in [5, 5.41) is 23.9. The SMILES string of the molecule is Cc1csc(-c2c(CC(=O)C3=C(C(=O)O)CCC3)sc3c2CC[C@@H](C(F)(F)F)C3)n1.Cc1csc(-c2c(CC(=O)C3=C(C(=O)O)CCC3)sc3c2CC[C@H](C(F)(F)F)C3)n1. The lowest BCUT2D eigenvalue weighted by atomic mass is 9.86. The van der Waals surface area contributed by atoms with Gasteiger partial charge in [0.25, 0.3) is 0 Å². The highest BCUT2D eigenvalue weighted by Crippen LogP contribution is 2.48. The van der Waals surface area contributed by atoms with E-state index in [4.69, 9.17) is 0 Å². The molecule has 0 amide bonds. The summed E-state index contributed by atoms with van der Waals surface area (Å²) in [6.45, 7) is 3.71. The van der Waals surface area contributed by atoms with Crippen molar-refractivity contribution in [1.82, 2.24) is 9.97 Å². The second-order valence-corrected chi connectivity index (χ2v) is 19.7. The molecule has 0 unspecified atom stereocenters. The number of fused-ring (bicyclic) bond motifs is 2. The van der Waals surface area contributed by atoms with Crippen molar-refractivity contribution < 1.29 is 55.7 Å². The van der Waals surface area contributed by atoms with Crippen LogP contribution in [-0.4, -0.2) is 56.0 Å². The zero-order valence-electron chi connectivity index (χ0n) is 32.5. The van der Waals surface area contributed by atoms with E-state index in [1.54, 1.807) is 0 Å². The zero-order valence-corrected chi connectivity index (χ0v) is 35.8. The van der Waals surface area contributed by atoms with E-state index in [2.05, 4.69) is 9.97 Å². The Bertz CT molecular complexity index is 2260. The fraction of sp³-hybridized carbons (Fsp3) is 0.476. The standard InChI is InChI=1S/2C21H20F3NO3S2/c2*1-10-9-29-19(25-10)18-14-6-5-11(21(22,23)24)7-16(14)30-17(18)8-15(26)12-3-2-4-13(12)20(27)28/h2*9,11H,2-8H2,1H3,(H,27,28)/t2*11-/m10/s1. The third kappa shape index (κ3) is 9.26. The molecule has 0 saturated carbocycles. The van der Waals surface area contributed by atoms with Crippen LogP contribution < -0.4 is 0 Å². The molecular weight excluding hydrogens is 871 g/mol. The first-order valence-electron chi connectivity index (χ1n) is 19.5. The van der Waals surface area contributed by atoms with Gasteiger partial charge in [-0.15, -0.1) is 45.3 Å². The molecule has 2 N–H and O–H groups in total. The number of aromatic nitrogens is 2. The molecule has 0 saturated heterocycles. The lowest BCUT2D eigenvalue weighted by Gasteiger charge is -2.24. The van der Waals surface area contributed by atoms with Crippen LogP contribution in [0.1, 0.15) is 93.4 Å². The molecule has 0 aromatic carbocycles. The third-order valence-electron chi connectivity index (χ3n) is 11.5. The van der Waals surface area contributed by atoms with Crippen molar-refractivity contribution >= 4 is 68.9 Å². The first kappa shape index (κ1) is 44.1. The Morgan fingerprint density at radius 1 is 0.617 bits per heavy atom. The Morgan fingerprint density at radius 2 is 0.983 bits per heavy atom. The van der Waals surface area contributed by atoms with Gasteiger partial charge in [-0.3, -0.25) is 9.59 Å². The van der Waals surface area contributed by atoms with Crippen LogP contribution in [0.4, 0.5) is 26.3 Å². The number of carbonyl (C=O) groups excluding carboxylic acids is 2. The summed E-state index contributed by atoms with van der Waals surface area (Å²) in [4.78, 5) is 60.5. The lowest BCUT2D eigenvalue weighted by Crippen LogP contribution is -2.28. The molecular formula is C42H40F6N2O6S4. The number of thiophene rings is 2. The number of rotatable bonds is 10. The average Bonchev–Trinajstić information content (AvgIpc) is 4.02. The van der Waals surface area contributed by atoms with Gasteiger partial charge in [-0.2, -0.15) is 26.3 Å².